The minimum atomic E-state index is -0.138. The van der Waals surface area contributed by atoms with E-state index >= 15 is 0 Å². The zero-order valence-electron chi connectivity index (χ0n) is 8.05. The number of nitrogens with zero attached hydrogens (tertiary/aromatic N) is 4. The van der Waals surface area contributed by atoms with E-state index in [0.717, 1.165) is 6.42 Å². The van der Waals surface area contributed by atoms with Gasteiger partial charge in [-0.1, -0.05) is 6.92 Å². The van der Waals surface area contributed by atoms with E-state index < -0.39 is 0 Å². The van der Waals surface area contributed by atoms with Crippen LogP contribution in [0.15, 0.2) is 6.33 Å². The average molecular weight is 198 g/mol. The Morgan fingerprint density at radius 3 is 3.07 bits per heavy atom. The van der Waals surface area contributed by atoms with Crippen molar-refractivity contribution in [1.82, 2.24) is 25.5 Å². The van der Waals surface area contributed by atoms with Crippen molar-refractivity contribution in [3.05, 3.63) is 6.33 Å². The summed E-state index contributed by atoms with van der Waals surface area (Å²) in [5.41, 5.74) is 5.63. The van der Waals surface area contributed by atoms with Gasteiger partial charge in [0.15, 0.2) is 0 Å². The molecule has 0 bridgehead atoms. The topological polar surface area (TPSA) is 98.7 Å². The summed E-state index contributed by atoms with van der Waals surface area (Å²) in [7, 11) is 0. The second-order valence-corrected chi connectivity index (χ2v) is 2.98. The molecule has 0 fully saturated rings. The van der Waals surface area contributed by atoms with Crippen molar-refractivity contribution in [2.45, 2.75) is 25.9 Å². The largest absolute Gasteiger partial charge is 0.353 e. The summed E-state index contributed by atoms with van der Waals surface area (Å²) in [6, 6.07) is 0.00724. The van der Waals surface area contributed by atoms with Crippen LogP contribution in [0, 0.1) is 0 Å². The van der Waals surface area contributed by atoms with E-state index in [1.807, 2.05) is 6.92 Å². The van der Waals surface area contributed by atoms with E-state index in [2.05, 4.69) is 20.8 Å². The molecule has 1 heterocycles. The molecular weight excluding hydrogens is 184 g/mol. The van der Waals surface area contributed by atoms with Crippen molar-refractivity contribution in [2.24, 2.45) is 5.73 Å². The van der Waals surface area contributed by atoms with Crippen LogP contribution in [0.25, 0.3) is 0 Å². The Morgan fingerprint density at radius 1 is 1.71 bits per heavy atom. The number of nitrogens with one attached hydrogen (secondary N) is 1. The van der Waals surface area contributed by atoms with Gasteiger partial charge in [0, 0.05) is 12.6 Å². The Bertz CT molecular complexity index is 272. The molecule has 0 aliphatic carbocycles. The first-order valence-electron chi connectivity index (χ1n) is 4.45. The minimum Gasteiger partial charge on any atom is -0.353 e. The van der Waals surface area contributed by atoms with E-state index in [1.165, 1.54) is 11.0 Å². The zero-order valence-corrected chi connectivity index (χ0v) is 8.05. The molecule has 1 aromatic rings. The second kappa shape index (κ2) is 5.28. The zero-order chi connectivity index (χ0) is 10.4. The van der Waals surface area contributed by atoms with Crippen LogP contribution < -0.4 is 11.1 Å². The quantitative estimate of drug-likeness (QED) is 0.601. The fourth-order valence-electron chi connectivity index (χ4n) is 0.845. The number of carbonyl (C=O) groups excluding carboxylic acids is 1. The van der Waals surface area contributed by atoms with Crippen molar-refractivity contribution >= 4 is 5.91 Å². The first-order chi connectivity index (χ1) is 6.72. The van der Waals surface area contributed by atoms with Gasteiger partial charge in [-0.3, -0.25) is 4.79 Å². The molecule has 0 saturated heterocycles. The molecule has 0 aliphatic heterocycles. The molecule has 14 heavy (non-hydrogen) atoms. The Labute approximate surface area is 81.7 Å². The average Bonchev–Trinajstić information content (AvgIpc) is 2.66. The Balaban J connectivity index is 2.23. The number of hydrogen-bond acceptors (Lipinski definition) is 5. The molecule has 1 aromatic heterocycles. The van der Waals surface area contributed by atoms with Crippen molar-refractivity contribution in [3.63, 3.8) is 0 Å². The maximum atomic E-state index is 11.2. The molecule has 78 valence electrons. The van der Waals surface area contributed by atoms with Crippen LogP contribution in [0.2, 0.25) is 0 Å². The highest BCUT2D eigenvalue weighted by atomic mass is 16.2. The molecule has 7 nitrogen and oxygen atoms in total. The summed E-state index contributed by atoms with van der Waals surface area (Å²) >= 11 is 0. The van der Waals surface area contributed by atoms with Crippen LogP contribution in [0.4, 0.5) is 0 Å². The highest BCUT2D eigenvalue weighted by molar-refractivity contribution is 5.75. The lowest BCUT2D eigenvalue weighted by Gasteiger charge is -2.09. The number of amides is 1. The molecule has 0 aliphatic rings. The van der Waals surface area contributed by atoms with Gasteiger partial charge >= 0.3 is 0 Å². The molecule has 1 unspecified atom stereocenters. The van der Waals surface area contributed by atoms with Crippen LogP contribution >= 0.6 is 0 Å². The predicted octanol–water partition coefficient (Wildman–Crippen LogP) is -1.47. The number of aromatic nitrogens is 4. The highest BCUT2D eigenvalue weighted by Gasteiger charge is 2.05. The molecule has 1 rings (SSSR count). The Kier molecular flexibility index (Phi) is 3.99. The third-order valence-electron chi connectivity index (χ3n) is 1.78. The van der Waals surface area contributed by atoms with Crippen LogP contribution in [-0.2, 0) is 11.3 Å². The van der Waals surface area contributed by atoms with Crippen molar-refractivity contribution in [1.29, 1.82) is 0 Å². The monoisotopic (exact) mass is 198 g/mol. The van der Waals surface area contributed by atoms with E-state index in [0.29, 0.717) is 6.54 Å². The van der Waals surface area contributed by atoms with Gasteiger partial charge in [-0.15, -0.1) is 5.10 Å². The van der Waals surface area contributed by atoms with Crippen molar-refractivity contribution in [2.75, 3.05) is 6.54 Å². The highest BCUT2D eigenvalue weighted by Crippen LogP contribution is 1.83. The Morgan fingerprint density at radius 2 is 2.50 bits per heavy atom. The van der Waals surface area contributed by atoms with Gasteiger partial charge < -0.3 is 11.1 Å². The Hall–Kier alpha value is -1.50. The van der Waals surface area contributed by atoms with E-state index in [4.69, 9.17) is 5.73 Å². The van der Waals surface area contributed by atoms with Gasteiger partial charge in [0.25, 0.3) is 0 Å². The predicted molar refractivity (Wildman–Crippen MR) is 49.1 cm³/mol. The fourth-order valence-corrected chi connectivity index (χ4v) is 0.845. The third-order valence-corrected chi connectivity index (χ3v) is 1.78. The van der Waals surface area contributed by atoms with Gasteiger partial charge in [-0.05, 0) is 16.8 Å². The van der Waals surface area contributed by atoms with E-state index in [1.54, 1.807) is 0 Å². The molecule has 1 amide bonds. The van der Waals surface area contributed by atoms with Gasteiger partial charge in [-0.25, -0.2) is 4.68 Å². The van der Waals surface area contributed by atoms with Crippen molar-refractivity contribution in [3.8, 4) is 0 Å². The van der Waals surface area contributed by atoms with Crippen molar-refractivity contribution < 1.29 is 4.79 Å². The van der Waals surface area contributed by atoms with Crippen LogP contribution in [0.5, 0.6) is 0 Å². The van der Waals surface area contributed by atoms with Crippen LogP contribution in [-0.4, -0.2) is 38.7 Å². The second-order valence-electron chi connectivity index (χ2n) is 2.98. The summed E-state index contributed by atoms with van der Waals surface area (Å²) in [5.74, 6) is -0.138. The van der Waals surface area contributed by atoms with Gasteiger partial charge in [0.1, 0.15) is 12.9 Å². The maximum Gasteiger partial charge on any atom is 0.241 e. The summed E-state index contributed by atoms with van der Waals surface area (Å²) in [6.07, 6.45) is 2.23. The van der Waals surface area contributed by atoms with E-state index in [9.17, 15) is 4.79 Å². The van der Waals surface area contributed by atoms with Crippen LogP contribution in [0.3, 0.4) is 0 Å². The third kappa shape index (κ3) is 3.48. The normalized spacial score (nSPS) is 12.4. The number of carbonyl (C=O) groups is 1. The lowest BCUT2D eigenvalue weighted by Crippen LogP contribution is -2.38. The molecule has 1 atom stereocenters. The smallest absolute Gasteiger partial charge is 0.241 e. The van der Waals surface area contributed by atoms with Gasteiger partial charge in [0.2, 0.25) is 5.91 Å². The van der Waals surface area contributed by atoms with Gasteiger partial charge in [-0.2, -0.15) is 0 Å². The summed E-state index contributed by atoms with van der Waals surface area (Å²) in [5, 5.41) is 13.1. The lowest BCUT2D eigenvalue weighted by atomic mass is 10.2. The minimum absolute atomic E-state index is 0.00724. The number of rotatable bonds is 5. The molecule has 0 radical (unpaired) electrons. The lowest BCUT2D eigenvalue weighted by molar-refractivity contribution is -0.121. The molecule has 7 heteroatoms. The first kappa shape index (κ1) is 10.6. The summed E-state index contributed by atoms with van der Waals surface area (Å²) in [4.78, 5) is 11.2. The maximum absolute atomic E-state index is 11.2. The SMILES string of the molecule is CCC(N)CNC(=O)Cn1cnnn1. The summed E-state index contributed by atoms with van der Waals surface area (Å²) in [6.45, 7) is 2.58. The molecule has 0 saturated carbocycles. The van der Waals surface area contributed by atoms with Crippen LogP contribution in [0.1, 0.15) is 13.3 Å². The first-order valence-corrected chi connectivity index (χ1v) is 4.45. The number of nitrogens with two attached hydrogens (primary N) is 1. The van der Waals surface area contributed by atoms with Gasteiger partial charge in [0.05, 0.1) is 0 Å². The summed E-state index contributed by atoms with van der Waals surface area (Å²) < 4.78 is 1.35. The van der Waals surface area contributed by atoms with E-state index in [-0.39, 0.29) is 18.5 Å². The molecule has 3 N–H and O–H groups in total. The standard InChI is InChI=1S/C7H14N6O/c1-2-6(8)3-9-7(14)4-13-5-10-11-12-13/h5-6H,2-4,8H2,1H3,(H,9,14). The molecule has 0 spiro atoms. The fraction of sp³-hybridized carbons (Fsp3) is 0.714. The molecular formula is C7H14N6O. The number of tetrazole rings is 1. The number of hydrogen-bond donors (Lipinski definition) is 2. The molecule has 0 aromatic carbocycles.